The summed E-state index contributed by atoms with van der Waals surface area (Å²) in [6.07, 6.45) is 1.03. The van der Waals surface area contributed by atoms with E-state index in [1.165, 1.54) is 61.1 Å². The molecular weight excluding hydrogens is 594 g/mol. The second-order valence-electron chi connectivity index (χ2n) is 9.87. The van der Waals surface area contributed by atoms with Crippen molar-refractivity contribution in [1.82, 2.24) is 20.2 Å². The van der Waals surface area contributed by atoms with Crippen molar-refractivity contribution >= 4 is 33.3 Å². The third-order valence-electron chi connectivity index (χ3n) is 6.73. The van der Waals surface area contributed by atoms with Gasteiger partial charge in [-0.05, 0) is 42.7 Å². The first kappa shape index (κ1) is 29.8. The Morgan fingerprint density at radius 1 is 1.14 bits per heavy atom. The monoisotopic (exact) mass is 619 g/mol. The van der Waals surface area contributed by atoms with Crippen molar-refractivity contribution in [2.24, 2.45) is 11.7 Å². The highest BCUT2D eigenvalue weighted by molar-refractivity contribution is 7.92. The van der Waals surface area contributed by atoms with Gasteiger partial charge in [0.25, 0.3) is 5.91 Å². The Hall–Kier alpha value is -4.73. The summed E-state index contributed by atoms with van der Waals surface area (Å²) in [6, 6.07) is 9.46. The maximum atomic E-state index is 13.7. The van der Waals surface area contributed by atoms with Gasteiger partial charge in [0.05, 0.1) is 11.9 Å². The van der Waals surface area contributed by atoms with E-state index < -0.39 is 39.8 Å². The largest absolute Gasteiger partial charge is 0.483 e. The fourth-order valence-corrected chi connectivity index (χ4v) is 5.62. The standard InChI is InChI=1S/C27H25F4N7O4S/c28-18-7-4-16(5-8-18)24(15-2-1-3-15)42-20-12-17(6-9-19(20)38-43(40,41)14-27(29,30)31)23-22(25(32)39)26(37-36-23)35-21-13-33-10-11-34-21/h4-13,15,24,38H,1-3,14H2,(H2,32,39)(H2,34,35,36,37). The number of aromatic nitrogens is 4. The Kier molecular flexibility index (Phi) is 8.21. The molecule has 1 fully saturated rings. The molecule has 0 aliphatic heterocycles. The molecule has 5 rings (SSSR count). The molecule has 0 radical (unpaired) electrons. The van der Waals surface area contributed by atoms with E-state index in [2.05, 4.69) is 25.5 Å². The van der Waals surface area contributed by atoms with Crippen molar-refractivity contribution in [1.29, 1.82) is 0 Å². The van der Waals surface area contributed by atoms with Crippen LogP contribution < -0.4 is 20.5 Å². The number of amides is 1. The van der Waals surface area contributed by atoms with Crippen LogP contribution in [-0.4, -0.2) is 46.4 Å². The van der Waals surface area contributed by atoms with E-state index in [0.717, 1.165) is 19.3 Å². The Labute approximate surface area is 242 Å². The zero-order valence-electron chi connectivity index (χ0n) is 22.2. The molecule has 0 spiro atoms. The van der Waals surface area contributed by atoms with Crippen LogP contribution in [0, 0.1) is 11.7 Å². The summed E-state index contributed by atoms with van der Waals surface area (Å²) in [5.41, 5.74) is 6.19. The number of sulfonamides is 1. The molecule has 0 bridgehead atoms. The van der Waals surface area contributed by atoms with Gasteiger partial charge in [-0.3, -0.25) is 19.6 Å². The van der Waals surface area contributed by atoms with E-state index in [1.54, 1.807) is 0 Å². The average Bonchev–Trinajstić information content (AvgIpc) is 3.31. The van der Waals surface area contributed by atoms with Crippen molar-refractivity contribution < 1.29 is 35.5 Å². The Bertz CT molecular complexity index is 1710. The van der Waals surface area contributed by atoms with Crippen LogP contribution in [0.25, 0.3) is 11.3 Å². The molecule has 1 aliphatic rings. The van der Waals surface area contributed by atoms with Crippen molar-refractivity contribution in [2.45, 2.75) is 31.5 Å². The number of rotatable bonds is 11. The highest BCUT2D eigenvalue weighted by Crippen LogP contribution is 2.43. The van der Waals surface area contributed by atoms with Gasteiger partial charge >= 0.3 is 6.18 Å². The Morgan fingerprint density at radius 3 is 2.49 bits per heavy atom. The number of nitrogens with zero attached hydrogens (tertiary/aromatic N) is 3. The van der Waals surface area contributed by atoms with Crippen LogP contribution in [-0.2, 0) is 10.0 Å². The van der Waals surface area contributed by atoms with Gasteiger partial charge in [-0.1, -0.05) is 24.6 Å². The minimum atomic E-state index is -4.99. The molecule has 16 heteroatoms. The molecule has 1 atom stereocenters. The van der Waals surface area contributed by atoms with Gasteiger partial charge in [0.2, 0.25) is 10.0 Å². The van der Waals surface area contributed by atoms with Gasteiger partial charge in [0, 0.05) is 23.9 Å². The van der Waals surface area contributed by atoms with Gasteiger partial charge in [-0.2, -0.15) is 18.3 Å². The first-order chi connectivity index (χ1) is 20.4. The molecule has 4 aromatic rings. The molecule has 0 saturated heterocycles. The topological polar surface area (TPSA) is 165 Å². The van der Waals surface area contributed by atoms with E-state index in [1.807, 2.05) is 4.72 Å². The lowest BCUT2D eigenvalue weighted by Crippen LogP contribution is -2.28. The predicted octanol–water partition coefficient (Wildman–Crippen LogP) is 5.07. The van der Waals surface area contributed by atoms with Crippen LogP contribution in [0.5, 0.6) is 5.75 Å². The predicted molar refractivity (Wildman–Crippen MR) is 148 cm³/mol. The lowest BCUT2D eigenvalue weighted by Gasteiger charge is -2.34. The number of H-pyrrole nitrogens is 1. The third-order valence-corrected chi connectivity index (χ3v) is 7.97. The molecule has 226 valence electrons. The number of alkyl halides is 3. The molecule has 11 nitrogen and oxygen atoms in total. The SMILES string of the molecule is NC(=O)c1c(-c2ccc(NS(=O)(=O)CC(F)(F)F)c(OC(c3ccc(F)cc3)C3CCC3)c2)n[nH]c1Nc1cnccn1. The van der Waals surface area contributed by atoms with Gasteiger partial charge < -0.3 is 15.8 Å². The van der Waals surface area contributed by atoms with Gasteiger partial charge in [0.1, 0.15) is 40.6 Å². The molecule has 1 unspecified atom stereocenters. The van der Waals surface area contributed by atoms with Crippen LogP contribution >= 0.6 is 0 Å². The number of hydrogen-bond donors (Lipinski definition) is 4. The number of ether oxygens (including phenoxy) is 1. The molecular formula is C27H25F4N7O4S. The summed E-state index contributed by atoms with van der Waals surface area (Å²) in [5.74, 6) is -3.24. The number of nitrogens with two attached hydrogens (primary N) is 1. The first-order valence-electron chi connectivity index (χ1n) is 12.9. The molecule has 1 saturated carbocycles. The summed E-state index contributed by atoms with van der Waals surface area (Å²) in [4.78, 5) is 20.5. The van der Waals surface area contributed by atoms with Gasteiger partial charge in [-0.25, -0.2) is 17.8 Å². The molecule has 43 heavy (non-hydrogen) atoms. The lowest BCUT2D eigenvalue weighted by atomic mass is 9.78. The average molecular weight is 620 g/mol. The summed E-state index contributed by atoms with van der Waals surface area (Å²) >= 11 is 0. The minimum Gasteiger partial charge on any atom is -0.483 e. The zero-order valence-corrected chi connectivity index (χ0v) is 23.0. The number of hydrogen-bond acceptors (Lipinski definition) is 8. The first-order valence-corrected chi connectivity index (χ1v) is 14.6. The molecule has 1 aliphatic carbocycles. The number of carbonyl (C=O) groups excluding carboxylic acids is 1. The van der Waals surface area contributed by atoms with Crippen LogP contribution in [0.4, 0.5) is 34.9 Å². The van der Waals surface area contributed by atoms with Crippen LogP contribution in [0.2, 0.25) is 0 Å². The summed E-state index contributed by atoms with van der Waals surface area (Å²) < 4.78 is 85.7. The Balaban J connectivity index is 1.57. The maximum absolute atomic E-state index is 13.7. The number of nitrogens with one attached hydrogen (secondary N) is 3. The van der Waals surface area contributed by atoms with Crippen LogP contribution in [0.1, 0.15) is 41.3 Å². The molecule has 2 aromatic carbocycles. The van der Waals surface area contributed by atoms with Crippen LogP contribution in [0.15, 0.2) is 61.1 Å². The molecule has 1 amide bonds. The molecule has 5 N–H and O–H groups in total. The minimum absolute atomic E-state index is 0.0249. The normalized spacial score (nSPS) is 14.5. The number of aromatic amines is 1. The number of anilines is 3. The van der Waals surface area contributed by atoms with Crippen molar-refractivity contribution in [3.8, 4) is 17.0 Å². The van der Waals surface area contributed by atoms with Gasteiger partial charge in [0.15, 0.2) is 5.75 Å². The summed E-state index contributed by atoms with van der Waals surface area (Å²) in [7, 11) is -4.89. The second kappa shape index (κ2) is 11.9. The van der Waals surface area contributed by atoms with E-state index in [9.17, 15) is 30.8 Å². The fraction of sp³-hybridized carbons (Fsp3) is 0.259. The Morgan fingerprint density at radius 2 is 1.88 bits per heavy atom. The van der Waals surface area contributed by atoms with E-state index in [4.69, 9.17) is 10.5 Å². The molecule has 2 heterocycles. The number of benzene rings is 2. The fourth-order valence-electron chi connectivity index (χ4n) is 4.61. The number of primary amides is 1. The number of carbonyl (C=O) groups is 1. The van der Waals surface area contributed by atoms with E-state index >= 15 is 0 Å². The lowest BCUT2D eigenvalue weighted by molar-refractivity contribution is -0.106. The van der Waals surface area contributed by atoms with Crippen molar-refractivity contribution in [3.05, 3.63) is 78.0 Å². The third kappa shape index (κ3) is 7.20. The van der Waals surface area contributed by atoms with Crippen LogP contribution in [0.3, 0.4) is 0 Å². The van der Waals surface area contributed by atoms with Crippen molar-refractivity contribution in [2.75, 3.05) is 15.8 Å². The van der Waals surface area contributed by atoms with Crippen molar-refractivity contribution in [3.63, 3.8) is 0 Å². The quantitative estimate of drug-likeness (QED) is 0.169. The molecule has 2 aromatic heterocycles. The van der Waals surface area contributed by atoms with Gasteiger partial charge in [-0.15, -0.1) is 0 Å². The highest BCUT2D eigenvalue weighted by atomic mass is 32.2. The second-order valence-corrected chi connectivity index (χ2v) is 11.6. The highest BCUT2D eigenvalue weighted by Gasteiger charge is 2.36. The zero-order chi connectivity index (χ0) is 30.8. The van der Waals surface area contributed by atoms with E-state index in [-0.39, 0.29) is 45.8 Å². The smallest absolute Gasteiger partial charge is 0.404 e. The maximum Gasteiger partial charge on any atom is 0.404 e. The number of halogens is 4. The van der Waals surface area contributed by atoms with E-state index in [0.29, 0.717) is 5.56 Å². The summed E-state index contributed by atoms with van der Waals surface area (Å²) in [6.45, 7) is 0. The summed E-state index contributed by atoms with van der Waals surface area (Å²) in [5, 5.41) is 9.71.